The molecule has 1 aromatic rings. The van der Waals surface area contributed by atoms with Gasteiger partial charge < -0.3 is 10.8 Å². The van der Waals surface area contributed by atoms with Crippen LogP contribution in [0.25, 0.3) is 0 Å². The lowest BCUT2D eigenvalue weighted by Crippen LogP contribution is -2.27. The molecule has 1 rings (SSSR count). The predicted molar refractivity (Wildman–Crippen MR) is 75.0 cm³/mol. The van der Waals surface area contributed by atoms with E-state index < -0.39 is 0 Å². The first-order valence-electron chi connectivity index (χ1n) is 5.89. The molecule has 0 bridgehead atoms. The van der Waals surface area contributed by atoms with Gasteiger partial charge in [-0.15, -0.1) is 0 Å². The molecule has 0 aliphatic rings. The van der Waals surface area contributed by atoms with E-state index in [-0.39, 0.29) is 6.61 Å². The molecule has 1 aromatic carbocycles. The molecule has 3 N–H and O–H groups in total. The number of benzene rings is 1. The molecule has 0 heterocycles. The average molecular weight is 252 g/mol. The highest BCUT2D eigenvalue weighted by Gasteiger charge is 2.05. The number of nitrogens with zero attached hydrogens (tertiary/aromatic N) is 1. The van der Waals surface area contributed by atoms with E-state index >= 15 is 0 Å². The van der Waals surface area contributed by atoms with Crippen molar-refractivity contribution in [2.24, 2.45) is 5.73 Å². The van der Waals surface area contributed by atoms with Crippen LogP contribution in [0.1, 0.15) is 24.5 Å². The summed E-state index contributed by atoms with van der Waals surface area (Å²) < 4.78 is 0. The van der Waals surface area contributed by atoms with E-state index in [0.29, 0.717) is 11.5 Å². The maximum atomic E-state index is 9.00. The van der Waals surface area contributed by atoms with E-state index in [0.717, 1.165) is 25.1 Å². The fourth-order valence-electron chi connectivity index (χ4n) is 1.81. The molecule has 0 saturated carbocycles. The van der Waals surface area contributed by atoms with Crippen LogP contribution in [0.5, 0.6) is 0 Å². The maximum absolute atomic E-state index is 9.00. The van der Waals surface area contributed by atoms with Crippen LogP contribution in [0.15, 0.2) is 24.3 Å². The van der Waals surface area contributed by atoms with Gasteiger partial charge in [-0.2, -0.15) is 0 Å². The molecule has 0 amide bonds. The van der Waals surface area contributed by atoms with E-state index in [1.807, 2.05) is 18.2 Å². The topological polar surface area (TPSA) is 49.5 Å². The largest absolute Gasteiger partial charge is 0.395 e. The van der Waals surface area contributed by atoms with Crippen molar-refractivity contribution < 1.29 is 5.11 Å². The van der Waals surface area contributed by atoms with Gasteiger partial charge in [0.1, 0.15) is 4.99 Å². The number of aliphatic hydroxyl groups excluding tert-OH is 1. The first-order valence-corrected chi connectivity index (χ1v) is 6.30. The van der Waals surface area contributed by atoms with Gasteiger partial charge in [-0.3, -0.25) is 4.90 Å². The molecule has 0 spiro atoms. The molecular weight excluding hydrogens is 232 g/mol. The second-order valence-electron chi connectivity index (χ2n) is 4.06. The van der Waals surface area contributed by atoms with Crippen molar-refractivity contribution in [2.75, 3.05) is 19.7 Å². The summed E-state index contributed by atoms with van der Waals surface area (Å²) >= 11 is 4.96. The third-order valence-corrected chi connectivity index (χ3v) is 2.81. The summed E-state index contributed by atoms with van der Waals surface area (Å²) in [5.74, 6) is 0. The van der Waals surface area contributed by atoms with Gasteiger partial charge in [0.15, 0.2) is 0 Å². The van der Waals surface area contributed by atoms with Crippen LogP contribution < -0.4 is 5.73 Å². The second kappa shape index (κ2) is 7.37. The molecule has 0 aromatic heterocycles. The summed E-state index contributed by atoms with van der Waals surface area (Å²) in [4.78, 5) is 2.65. The Morgan fingerprint density at radius 3 is 2.76 bits per heavy atom. The molecule has 94 valence electrons. The number of hydrogen-bond donors (Lipinski definition) is 2. The zero-order valence-electron chi connectivity index (χ0n) is 10.2. The van der Waals surface area contributed by atoms with Gasteiger partial charge in [0.25, 0.3) is 0 Å². The minimum absolute atomic E-state index is 0.189. The second-order valence-corrected chi connectivity index (χ2v) is 4.50. The van der Waals surface area contributed by atoms with Crippen molar-refractivity contribution in [2.45, 2.75) is 19.9 Å². The molecule has 0 fully saturated rings. The van der Waals surface area contributed by atoms with Gasteiger partial charge in [0.2, 0.25) is 0 Å². The van der Waals surface area contributed by atoms with Gasteiger partial charge in [-0.1, -0.05) is 37.3 Å². The normalized spacial score (nSPS) is 10.8. The molecule has 4 heteroatoms. The molecule has 0 unspecified atom stereocenters. The van der Waals surface area contributed by atoms with Crippen molar-refractivity contribution >= 4 is 17.2 Å². The molecule has 0 saturated heterocycles. The Morgan fingerprint density at radius 1 is 1.41 bits per heavy atom. The number of aliphatic hydroxyl groups is 1. The number of rotatable bonds is 7. The number of nitrogens with two attached hydrogens (primary N) is 1. The van der Waals surface area contributed by atoms with Crippen molar-refractivity contribution in [3.8, 4) is 0 Å². The summed E-state index contributed by atoms with van der Waals surface area (Å²) in [5, 5.41) is 9.00. The fraction of sp³-hybridized carbons (Fsp3) is 0.462. The van der Waals surface area contributed by atoms with Crippen LogP contribution >= 0.6 is 12.2 Å². The summed E-state index contributed by atoms with van der Waals surface area (Å²) in [6.07, 6.45) is 1.08. The molecular formula is C13H20N2OS. The smallest absolute Gasteiger partial charge is 0.103 e. The predicted octanol–water partition coefficient (Wildman–Crippen LogP) is 1.53. The van der Waals surface area contributed by atoms with Gasteiger partial charge in [-0.25, -0.2) is 0 Å². The SMILES string of the molecule is CCCN(CCO)Cc1cccc(C(N)=S)c1. The molecule has 3 nitrogen and oxygen atoms in total. The van der Waals surface area contributed by atoms with Gasteiger partial charge >= 0.3 is 0 Å². The summed E-state index contributed by atoms with van der Waals surface area (Å²) in [6, 6.07) is 7.96. The fourth-order valence-corrected chi connectivity index (χ4v) is 1.94. The van der Waals surface area contributed by atoms with E-state index in [9.17, 15) is 0 Å². The van der Waals surface area contributed by atoms with Crippen LogP contribution in [-0.4, -0.2) is 34.7 Å². The Bertz CT molecular complexity index is 362. The average Bonchev–Trinajstić information content (AvgIpc) is 2.30. The Kier molecular flexibility index (Phi) is 6.11. The van der Waals surface area contributed by atoms with E-state index in [2.05, 4.69) is 17.9 Å². The molecule has 0 aliphatic carbocycles. The van der Waals surface area contributed by atoms with Crippen LogP contribution in [0, 0.1) is 0 Å². The van der Waals surface area contributed by atoms with Crippen LogP contribution in [0.4, 0.5) is 0 Å². The third kappa shape index (κ3) is 4.81. The zero-order chi connectivity index (χ0) is 12.7. The van der Waals surface area contributed by atoms with Crippen molar-refractivity contribution in [1.29, 1.82) is 0 Å². The lowest BCUT2D eigenvalue weighted by molar-refractivity contribution is 0.190. The Hall–Kier alpha value is -0.970. The standard InChI is InChI=1S/C13H20N2OS/c1-2-6-15(7-8-16)10-11-4-3-5-12(9-11)13(14)17/h3-5,9,16H,2,6-8,10H2,1H3,(H2,14,17). The highest BCUT2D eigenvalue weighted by Crippen LogP contribution is 2.08. The van der Waals surface area contributed by atoms with Crippen molar-refractivity contribution in [1.82, 2.24) is 4.90 Å². The monoisotopic (exact) mass is 252 g/mol. The number of thiocarbonyl (C=S) groups is 1. The highest BCUT2D eigenvalue weighted by molar-refractivity contribution is 7.80. The van der Waals surface area contributed by atoms with Crippen LogP contribution in [0.3, 0.4) is 0 Å². The number of hydrogen-bond acceptors (Lipinski definition) is 3. The highest BCUT2D eigenvalue weighted by atomic mass is 32.1. The van der Waals surface area contributed by atoms with Gasteiger partial charge in [0.05, 0.1) is 6.61 Å². The molecule has 0 atom stereocenters. The molecule has 0 radical (unpaired) electrons. The van der Waals surface area contributed by atoms with E-state index in [1.165, 1.54) is 5.56 Å². The first-order chi connectivity index (χ1) is 8.17. The Balaban J connectivity index is 2.71. The summed E-state index contributed by atoms with van der Waals surface area (Å²) in [6.45, 7) is 4.83. The maximum Gasteiger partial charge on any atom is 0.103 e. The van der Waals surface area contributed by atoms with Gasteiger partial charge in [0, 0.05) is 18.7 Å². The third-order valence-electron chi connectivity index (χ3n) is 2.57. The van der Waals surface area contributed by atoms with Crippen LogP contribution in [0.2, 0.25) is 0 Å². The van der Waals surface area contributed by atoms with E-state index in [4.69, 9.17) is 23.1 Å². The zero-order valence-corrected chi connectivity index (χ0v) is 11.0. The van der Waals surface area contributed by atoms with Crippen molar-refractivity contribution in [3.05, 3.63) is 35.4 Å². The Morgan fingerprint density at radius 2 is 2.18 bits per heavy atom. The molecule has 0 aliphatic heterocycles. The lowest BCUT2D eigenvalue weighted by atomic mass is 10.1. The Labute approximate surface area is 108 Å². The minimum Gasteiger partial charge on any atom is -0.395 e. The molecule has 17 heavy (non-hydrogen) atoms. The summed E-state index contributed by atoms with van der Waals surface area (Å²) in [5.41, 5.74) is 7.69. The van der Waals surface area contributed by atoms with Crippen molar-refractivity contribution in [3.63, 3.8) is 0 Å². The summed E-state index contributed by atoms with van der Waals surface area (Å²) in [7, 11) is 0. The lowest BCUT2D eigenvalue weighted by Gasteiger charge is -2.20. The van der Waals surface area contributed by atoms with E-state index in [1.54, 1.807) is 0 Å². The first kappa shape index (κ1) is 14.1. The quantitative estimate of drug-likeness (QED) is 0.723. The van der Waals surface area contributed by atoms with Gasteiger partial charge in [-0.05, 0) is 24.6 Å². The van der Waals surface area contributed by atoms with Crippen LogP contribution in [-0.2, 0) is 6.54 Å². The minimum atomic E-state index is 0.189.